The molecule has 1 fully saturated rings. The molecule has 0 saturated carbocycles. The Labute approximate surface area is 111 Å². The van der Waals surface area contributed by atoms with Crippen LogP contribution >= 0.6 is 23.2 Å². The summed E-state index contributed by atoms with van der Waals surface area (Å²) in [7, 11) is 0. The quantitative estimate of drug-likeness (QED) is 0.911. The molecule has 0 aliphatic carbocycles. The molecule has 1 heterocycles. The smallest absolute Gasteiger partial charge is 0.0605 e. The normalized spacial score (nSPS) is 21.7. The fourth-order valence-electron chi connectivity index (χ4n) is 2.17. The molecule has 0 spiro atoms. The molecule has 0 radical (unpaired) electrons. The standard InChI is InChI=1S/C13H16Cl2O2/c14-10-3-4-13(15)9(6-10)7-11(16)8-12-2-1-5-17-12/h3-4,6,11-12,16H,1-2,5,7-8H2. The molecule has 1 N–H and O–H groups in total. The van der Waals surface area contributed by atoms with Crippen LogP contribution in [0.15, 0.2) is 18.2 Å². The SMILES string of the molecule is OC(Cc1cc(Cl)ccc1Cl)CC1CCCO1. The highest BCUT2D eigenvalue weighted by atomic mass is 35.5. The van der Waals surface area contributed by atoms with Crippen molar-refractivity contribution in [3.63, 3.8) is 0 Å². The van der Waals surface area contributed by atoms with Crippen molar-refractivity contribution < 1.29 is 9.84 Å². The summed E-state index contributed by atoms with van der Waals surface area (Å²) in [5.41, 5.74) is 0.893. The maximum Gasteiger partial charge on any atom is 0.0605 e. The average Bonchev–Trinajstić information content (AvgIpc) is 2.76. The van der Waals surface area contributed by atoms with Gasteiger partial charge in [0.05, 0.1) is 12.2 Å². The van der Waals surface area contributed by atoms with Crippen LogP contribution in [0.3, 0.4) is 0 Å². The Kier molecular flexibility index (Phi) is 4.69. The zero-order valence-corrected chi connectivity index (χ0v) is 11.0. The van der Waals surface area contributed by atoms with E-state index in [4.69, 9.17) is 27.9 Å². The molecule has 1 saturated heterocycles. The Bertz CT molecular complexity index is 376. The van der Waals surface area contributed by atoms with E-state index in [1.807, 2.05) is 6.07 Å². The third-order valence-corrected chi connectivity index (χ3v) is 3.63. The van der Waals surface area contributed by atoms with Crippen LogP contribution in [-0.2, 0) is 11.2 Å². The first kappa shape index (κ1) is 13.2. The maximum atomic E-state index is 10.00. The summed E-state index contributed by atoms with van der Waals surface area (Å²) in [5, 5.41) is 11.3. The summed E-state index contributed by atoms with van der Waals surface area (Å²) >= 11 is 12.0. The first-order valence-electron chi connectivity index (χ1n) is 5.89. The molecule has 2 nitrogen and oxygen atoms in total. The van der Waals surface area contributed by atoms with Crippen molar-refractivity contribution in [1.82, 2.24) is 0 Å². The van der Waals surface area contributed by atoms with Crippen LogP contribution < -0.4 is 0 Å². The summed E-state index contributed by atoms with van der Waals surface area (Å²) in [6.45, 7) is 0.815. The topological polar surface area (TPSA) is 29.5 Å². The van der Waals surface area contributed by atoms with Gasteiger partial charge >= 0.3 is 0 Å². The van der Waals surface area contributed by atoms with Crippen molar-refractivity contribution in [2.24, 2.45) is 0 Å². The first-order chi connectivity index (χ1) is 8.15. The highest BCUT2D eigenvalue weighted by Crippen LogP contribution is 2.24. The molecule has 2 unspecified atom stereocenters. The lowest BCUT2D eigenvalue weighted by Gasteiger charge is -2.16. The molecule has 0 aromatic heterocycles. The Morgan fingerprint density at radius 1 is 1.41 bits per heavy atom. The minimum atomic E-state index is -0.422. The lowest BCUT2D eigenvalue weighted by Crippen LogP contribution is -2.19. The minimum absolute atomic E-state index is 0.197. The van der Waals surface area contributed by atoms with Crippen molar-refractivity contribution in [2.45, 2.75) is 37.9 Å². The van der Waals surface area contributed by atoms with Gasteiger partial charge < -0.3 is 9.84 Å². The third-order valence-electron chi connectivity index (χ3n) is 3.02. The van der Waals surface area contributed by atoms with E-state index in [0.29, 0.717) is 22.9 Å². The van der Waals surface area contributed by atoms with Crippen LogP contribution in [0, 0.1) is 0 Å². The third kappa shape index (κ3) is 3.85. The van der Waals surface area contributed by atoms with E-state index in [9.17, 15) is 5.11 Å². The molecule has 1 aromatic rings. The highest BCUT2D eigenvalue weighted by Gasteiger charge is 2.20. The highest BCUT2D eigenvalue weighted by molar-refractivity contribution is 6.33. The van der Waals surface area contributed by atoms with Crippen LogP contribution in [0.5, 0.6) is 0 Å². The molecule has 1 aliphatic heterocycles. The maximum absolute atomic E-state index is 10.00. The second-order valence-electron chi connectivity index (χ2n) is 4.46. The van der Waals surface area contributed by atoms with E-state index in [1.165, 1.54) is 0 Å². The molecule has 2 rings (SSSR count). The van der Waals surface area contributed by atoms with Gasteiger partial charge in [-0.3, -0.25) is 0 Å². The van der Waals surface area contributed by atoms with E-state index >= 15 is 0 Å². The average molecular weight is 275 g/mol. The van der Waals surface area contributed by atoms with Gasteiger partial charge in [0.1, 0.15) is 0 Å². The lowest BCUT2D eigenvalue weighted by molar-refractivity contribution is 0.0541. The Morgan fingerprint density at radius 2 is 2.24 bits per heavy atom. The number of hydrogen-bond donors (Lipinski definition) is 1. The number of aliphatic hydroxyl groups is 1. The molecule has 2 atom stereocenters. The van der Waals surface area contributed by atoms with Crippen LogP contribution in [-0.4, -0.2) is 23.9 Å². The number of ether oxygens (including phenoxy) is 1. The zero-order chi connectivity index (χ0) is 12.3. The van der Waals surface area contributed by atoms with E-state index < -0.39 is 6.10 Å². The van der Waals surface area contributed by atoms with Gasteiger partial charge in [0, 0.05) is 16.7 Å². The van der Waals surface area contributed by atoms with Gasteiger partial charge in [0.2, 0.25) is 0 Å². The molecule has 1 aromatic carbocycles. The van der Waals surface area contributed by atoms with Crippen LogP contribution in [0.2, 0.25) is 10.0 Å². The van der Waals surface area contributed by atoms with E-state index in [0.717, 1.165) is 25.0 Å². The number of halogens is 2. The van der Waals surface area contributed by atoms with Gasteiger partial charge in [-0.1, -0.05) is 23.2 Å². The van der Waals surface area contributed by atoms with E-state index in [1.54, 1.807) is 12.1 Å². The monoisotopic (exact) mass is 274 g/mol. The summed E-state index contributed by atoms with van der Waals surface area (Å²) in [6, 6.07) is 5.32. The van der Waals surface area contributed by atoms with E-state index in [-0.39, 0.29) is 6.10 Å². The summed E-state index contributed by atoms with van der Waals surface area (Å²) < 4.78 is 5.50. The summed E-state index contributed by atoms with van der Waals surface area (Å²) in [5.74, 6) is 0. The lowest BCUT2D eigenvalue weighted by atomic mass is 10.0. The molecule has 0 amide bonds. The summed E-state index contributed by atoms with van der Waals surface area (Å²) in [4.78, 5) is 0. The predicted octanol–water partition coefficient (Wildman–Crippen LogP) is 3.47. The Hall–Kier alpha value is -0.280. The minimum Gasteiger partial charge on any atom is -0.393 e. The second kappa shape index (κ2) is 6.05. The molecular weight excluding hydrogens is 259 g/mol. The van der Waals surface area contributed by atoms with Crippen LogP contribution in [0.4, 0.5) is 0 Å². The molecule has 17 heavy (non-hydrogen) atoms. The molecule has 0 bridgehead atoms. The van der Waals surface area contributed by atoms with Crippen molar-refractivity contribution in [3.8, 4) is 0 Å². The summed E-state index contributed by atoms with van der Waals surface area (Å²) in [6.07, 6.45) is 3.11. The Balaban J connectivity index is 1.92. The first-order valence-corrected chi connectivity index (χ1v) is 6.64. The van der Waals surface area contributed by atoms with Gasteiger partial charge in [-0.15, -0.1) is 0 Å². The molecule has 1 aliphatic rings. The van der Waals surface area contributed by atoms with Crippen LogP contribution in [0.1, 0.15) is 24.8 Å². The number of rotatable bonds is 4. The van der Waals surface area contributed by atoms with Gasteiger partial charge in [0.15, 0.2) is 0 Å². The number of benzene rings is 1. The molecular formula is C13H16Cl2O2. The molecule has 94 valence electrons. The van der Waals surface area contributed by atoms with Crippen molar-refractivity contribution in [1.29, 1.82) is 0 Å². The second-order valence-corrected chi connectivity index (χ2v) is 5.31. The fourth-order valence-corrected chi connectivity index (χ4v) is 2.56. The van der Waals surface area contributed by atoms with E-state index in [2.05, 4.69) is 0 Å². The number of hydrogen-bond acceptors (Lipinski definition) is 2. The largest absolute Gasteiger partial charge is 0.393 e. The van der Waals surface area contributed by atoms with Crippen molar-refractivity contribution in [2.75, 3.05) is 6.61 Å². The fraction of sp³-hybridized carbons (Fsp3) is 0.538. The van der Waals surface area contributed by atoms with Gasteiger partial charge in [-0.05, 0) is 49.4 Å². The van der Waals surface area contributed by atoms with Crippen molar-refractivity contribution >= 4 is 23.2 Å². The predicted molar refractivity (Wildman–Crippen MR) is 69.8 cm³/mol. The Morgan fingerprint density at radius 3 is 2.94 bits per heavy atom. The number of aliphatic hydroxyl groups excluding tert-OH is 1. The van der Waals surface area contributed by atoms with Crippen molar-refractivity contribution in [3.05, 3.63) is 33.8 Å². The zero-order valence-electron chi connectivity index (χ0n) is 9.53. The van der Waals surface area contributed by atoms with Gasteiger partial charge in [-0.25, -0.2) is 0 Å². The van der Waals surface area contributed by atoms with Crippen LogP contribution in [0.25, 0.3) is 0 Å². The molecule has 4 heteroatoms. The van der Waals surface area contributed by atoms with Gasteiger partial charge in [0.25, 0.3) is 0 Å². The van der Waals surface area contributed by atoms with Gasteiger partial charge in [-0.2, -0.15) is 0 Å².